The third-order valence-corrected chi connectivity index (χ3v) is 12.0. The van der Waals surface area contributed by atoms with Crippen molar-refractivity contribution in [2.45, 2.75) is 32.6 Å². The summed E-state index contributed by atoms with van der Waals surface area (Å²) in [7, 11) is 0. The Morgan fingerprint density at radius 3 is 1.47 bits per heavy atom. The molecule has 0 aliphatic carbocycles. The largest absolute Gasteiger partial charge is 0.311 e. The Kier molecular flexibility index (Phi) is 9.49. The summed E-state index contributed by atoms with van der Waals surface area (Å²) in [5, 5.41) is 6.38. The lowest BCUT2D eigenvalue weighted by molar-refractivity contribution is 0.717. The van der Waals surface area contributed by atoms with Gasteiger partial charge in [-0.2, -0.15) is 0 Å². The van der Waals surface area contributed by atoms with Gasteiger partial charge in [-0.05, 0) is 133 Å². The Morgan fingerprint density at radius 1 is 0.414 bits per heavy atom. The van der Waals surface area contributed by atoms with Crippen molar-refractivity contribution < 1.29 is 0 Å². The first kappa shape index (κ1) is 36.1. The van der Waals surface area contributed by atoms with Crippen molar-refractivity contribution in [3.63, 3.8) is 0 Å². The topological polar surface area (TPSA) is 13.1 Å². The molecule has 0 spiro atoms. The molecule has 0 amide bonds. The molecule has 0 radical (unpaired) electrons. The first-order valence-electron chi connectivity index (χ1n) is 20.1. The highest BCUT2D eigenvalue weighted by molar-refractivity contribution is 6.31. The minimum absolute atomic E-state index is 0.702. The Bertz CT molecular complexity index is 3020. The van der Waals surface area contributed by atoms with Gasteiger partial charge in [0.05, 0.1) is 22.1 Å². The van der Waals surface area contributed by atoms with E-state index in [0.29, 0.717) is 10.0 Å². The molecule has 58 heavy (non-hydrogen) atoms. The zero-order valence-corrected chi connectivity index (χ0v) is 33.8. The first-order chi connectivity index (χ1) is 28.5. The van der Waals surface area contributed by atoms with E-state index in [4.69, 9.17) is 23.2 Å². The molecular weight excluding hydrogens is 750 g/mol. The van der Waals surface area contributed by atoms with E-state index in [0.717, 1.165) is 40.3 Å². The molecule has 10 aromatic rings. The van der Waals surface area contributed by atoms with Gasteiger partial charge in [-0.25, -0.2) is 0 Å². The van der Waals surface area contributed by atoms with Crippen molar-refractivity contribution in [2.75, 3.05) is 4.90 Å². The van der Waals surface area contributed by atoms with Gasteiger partial charge in [0.15, 0.2) is 0 Å². The summed E-state index contributed by atoms with van der Waals surface area (Å²) in [6, 6.07) is 65.2. The fourth-order valence-electron chi connectivity index (χ4n) is 8.63. The number of hydrogen-bond acceptors (Lipinski definition) is 1. The molecule has 2 heterocycles. The van der Waals surface area contributed by atoms with E-state index in [1.165, 1.54) is 74.1 Å². The summed E-state index contributed by atoms with van der Waals surface area (Å²) in [6.07, 6.45) is 4.85. The van der Waals surface area contributed by atoms with Crippen LogP contribution in [-0.4, -0.2) is 9.13 Å². The van der Waals surface area contributed by atoms with E-state index in [1.54, 1.807) is 0 Å². The summed E-state index contributed by atoms with van der Waals surface area (Å²) >= 11 is 12.6. The maximum atomic E-state index is 6.29. The maximum absolute atomic E-state index is 6.29. The molecule has 0 atom stereocenters. The maximum Gasteiger partial charge on any atom is 0.0561 e. The normalized spacial score (nSPS) is 11.6. The number of halogens is 2. The van der Waals surface area contributed by atoms with Crippen LogP contribution in [0.3, 0.4) is 0 Å². The van der Waals surface area contributed by atoms with Crippen LogP contribution in [0.4, 0.5) is 17.1 Å². The molecular formula is C53H41Cl2N3. The molecule has 0 aliphatic heterocycles. The molecule has 0 fully saturated rings. The van der Waals surface area contributed by atoms with Gasteiger partial charge in [0.25, 0.3) is 0 Å². The smallest absolute Gasteiger partial charge is 0.0561 e. The van der Waals surface area contributed by atoms with Crippen molar-refractivity contribution in [3.05, 3.63) is 198 Å². The standard InChI is InChI=1S/C53H41Cl2N3/c1-2-3-4-9-36-14-23-44(24-15-36)57-50-12-7-5-11-47(50)49-33-31-45(35-53(49)57)58-51-13-8-6-10-46(51)48-32-18-38(34-52(48)58)37-16-25-41(26-17-37)56(42-27-19-39(54)20-28-42)43-29-21-40(55)22-30-43/h5-8,10-35H,2-4,9H2,1H3. The summed E-state index contributed by atoms with van der Waals surface area (Å²) in [6.45, 7) is 2.26. The Hall–Kier alpha value is -6.26. The van der Waals surface area contributed by atoms with E-state index in [-0.39, 0.29) is 0 Å². The number of hydrogen-bond donors (Lipinski definition) is 0. The van der Waals surface area contributed by atoms with Crippen LogP contribution in [0.2, 0.25) is 10.0 Å². The lowest BCUT2D eigenvalue weighted by Crippen LogP contribution is -2.09. The van der Waals surface area contributed by atoms with Crippen LogP contribution in [-0.2, 0) is 6.42 Å². The number of rotatable bonds is 10. The molecule has 0 unspecified atom stereocenters. The highest BCUT2D eigenvalue weighted by atomic mass is 35.5. The van der Waals surface area contributed by atoms with Gasteiger partial charge >= 0.3 is 0 Å². The van der Waals surface area contributed by atoms with Crippen LogP contribution >= 0.6 is 23.2 Å². The monoisotopic (exact) mass is 789 g/mol. The van der Waals surface area contributed by atoms with E-state index >= 15 is 0 Å². The predicted molar refractivity (Wildman–Crippen MR) is 248 cm³/mol. The van der Waals surface area contributed by atoms with Gasteiger partial charge in [0, 0.05) is 60.0 Å². The van der Waals surface area contributed by atoms with Crippen molar-refractivity contribution in [1.82, 2.24) is 9.13 Å². The molecule has 0 bridgehead atoms. The molecule has 2 aromatic heterocycles. The third kappa shape index (κ3) is 6.51. The summed E-state index contributed by atoms with van der Waals surface area (Å²) in [5.41, 5.74) is 13.8. The number of nitrogens with zero attached hydrogens (tertiary/aromatic N) is 3. The molecule has 3 nitrogen and oxygen atoms in total. The minimum Gasteiger partial charge on any atom is -0.311 e. The average Bonchev–Trinajstić information content (AvgIpc) is 3.78. The Labute approximate surface area is 348 Å². The highest BCUT2D eigenvalue weighted by Crippen LogP contribution is 2.40. The fourth-order valence-corrected chi connectivity index (χ4v) is 8.88. The van der Waals surface area contributed by atoms with Crippen LogP contribution in [0.25, 0.3) is 66.1 Å². The van der Waals surface area contributed by atoms with E-state index < -0.39 is 0 Å². The minimum atomic E-state index is 0.702. The Balaban J connectivity index is 1.08. The lowest BCUT2D eigenvalue weighted by Gasteiger charge is -2.25. The molecule has 8 aromatic carbocycles. The molecule has 282 valence electrons. The number of fused-ring (bicyclic) bond motifs is 6. The molecule has 10 rings (SSSR count). The van der Waals surface area contributed by atoms with E-state index in [2.05, 4.69) is 154 Å². The number of aromatic nitrogens is 2. The van der Waals surface area contributed by atoms with Gasteiger partial charge in [0.2, 0.25) is 0 Å². The summed E-state index contributed by atoms with van der Waals surface area (Å²) in [4.78, 5) is 2.22. The number of aryl methyl sites for hydroxylation is 1. The fraction of sp³-hybridized carbons (Fsp3) is 0.0943. The second-order valence-corrected chi connectivity index (χ2v) is 16.0. The van der Waals surface area contributed by atoms with Crippen molar-refractivity contribution in [3.8, 4) is 22.5 Å². The van der Waals surface area contributed by atoms with Crippen LogP contribution in [0, 0.1) is 0 Å². The number of anilines is 3. The molecule has 5 heteroatoms. The van der Waals surface area contributed by atoms with E-state index in [1.807, 2.05) is 48.5 Å². The molecule has 0 aliphatic rings. The van der Waals surface area contributed by atoms with Crippen LogP contribution in [0.15, 0.2) is 182 Å². The van der Waals surface area contributed by atoms with Gasteiger partial charge in [0.1, 0.15) is 0 Å². The molecule has 0 saturated heterocycles. The lowest BCUT2D eigenvalue weighted by atomic mass is 10.0. The van der Waals surface area contributed by atoms with Gasteiger partial charge in [-0.3, -0.25) is 0 Å². The molecule has 0 saturated carbocycles. The van der Waals surface area contributed by atoms with Crippen molar-refractivity contribution in [2.24, 2.45) is 0 Å². The number of benzene rings is 8. The van der Waals surface area contributed by atoms with Crippen LogP contribution < -0.4 is 4.90 Å². The van der Waals surface area contributed by atoms with Gasteiger partial charge in [-0.1, -0.05) is 122 Å². The molecule has 0 N–H and O–H groups in total. The summed E-state index contributed by atoms with van der Waals surface area (Å²) < 4.78 is 4.87. The Morgan fingerprint density at radius 2 is 0.879 bits per heavy atom. The quantitative estimate of drug-likeness (QED) is 0.126. The van der Waals surface area contributed by atoms with Gasteiger partial charge < -0.3 is 14.0 Å². The number of para-hydroxylation sites is 2. The highest BCUT2D eigenvalue weighted by Gasteiger charge is 2.18. The number of unbranched alkanes of at least 4 members (excludes halogenated alkanes) is 2. The van der Waals surface area contributed by atoms with Crippen molar-refractivity contribution >= 4 is 83.9 Å². The average molecular weight is 791 g/mol. The second-order valence-electron chi connectivity index (χ2n) is 15.1. The second kappa shape index (κ2) is 15.2. The van der Waals surface area contributed by atoms with E-state index in [9.17, 15) is 0 Å². The van der Waals surface area contributed by atoms with Crippen LogP contribution in [0.5, 0.6) is 0 Å². The summed E-state index contributed by atoms with van der Waals surface area (Å²) in [5.74, 6) is 0. The first-order valence-corrected chi connectivity index (χ1v) is 20.9. The van der Waals surface area contributed by atoms with Gasteiger partial charge in [-0.15, -0.1) is 0 Å². The SMILES string of the molecule is CCCCCc1ccc(-n2c3ccccc3c3ccc(-n4c5ccccc5c5ccc(-c6ccc(N(c7ccc(Cl)cc7)c7ccc(Cl)cc7)cc6)cc54)cc32)cc1. The zero-order valence-electron chi connectivity index (χ0n) is 32.2. The van der Waals surface area contributed by atoms with Crippen LogP contribution in [0.1, 0.15) is 31.7 Å². The zero-order chi connectivity index (χ0) is 39.2. The third-order valence-electron chi connectivity index (χ3n) is 11.5. The predicted octanol–water partition coefficient (Wildman–Crippen LogP) is 16.1. The van der Waals surface area contributed by atoms with Crippen molar-refractivity contribution in [1.29, 1.82) is 0 Å².